The minimum atomic E-state index is -0.0349. The molecule has 5 nitrogen and oxygen atoms in total. The zero-order valence-corrected chi connectivity index (χ0v) is 16.5. The molecule has 0 unspecified atom stereocenters. The van der Waals surface area contributed by atoms with Crippen LogP contribution in [0.2, 0.25) is 0 Å². The van der Waals surface area contributed by atoms with Gasteiger partial charge in [0, 0.05) is 30.6 Å². The monoisotopic (exact) mass is 360 g/mol. The van der Waals surface area contributed by atoms with Crippen LogP contribution >= 0.6 is 0 Å². The number of nitrogens with one attached hydrogen (secondary N) is 1. The van der Waals surface area contributed by atoms with E-state index in [0.29, 0.717) is 13.1 Å². The molecule has 1 N–H and O–H groups in total. The highest BCUT2D eigenvalue weighted by molar-refractivity contribution is 5.92. The van der Waals surface area contributed by atoms with Crippen molar-refractivity contribution in [3.05, 3.63) is 24.3 Å². The molecule has 1 saturated heterocycles. The molecule has 0 saturated carbocycles. The van der Waals surface area contributed by atoms with Crippen LogP contribution < -0.4 is 10.1 Å². The molecule has 144 valence electrons. The molecule has 1 heterocycles. The van der Waals surface area contributed by atoms with Gasteiger partial charge < -0.3 is 15.0 Å². The summed E-state index contributed by atoms with van der Waals surface area (Å²) in [6.45, 7) is 9.43. The Hall–Kier alpha value is -2.04. The van der Waals surface area contributed by atoms with Gasteiger partial charge in [0.2, 0.25) is 11.8 Å². The van der Waals surface area contributed by atoms with E-state index in [1.807, 2.05) is 43.0 Å². The van der Waals surface area contributed by atoms with E-state index in [1.54, 1.807) is 0 Å². The Bertz CT molecular complexity index is 586. The van der Waals surface area contributed by atoms with Crippen LogP contribution in [0.1, 0.15) is 53.4 Å². The van der Waals surface area contributed by atoms with E-state index in [-0.39, 0.29) is 29.8 Å². The summed E-state index contributed by atoms with van der Waals surface area (Å²) in [5, 5.41) is 2.98. The molecule has 0 spiro atoms. The van der Waals surface area contributed by atoms with Gasteiger partial charge in [0.05, 0.1) is 6.10 Å². The number of carbonyl (C=O) groups excluding carboxylic acids is 2. The lowest BCUT2D eigenvalue weighted by Crippen LogP contribution is -2.43. The predicted octanol–water partition coefficient (Wildman–Crippen LogP) is 4.09. The molecule has 26 heavy (non-hydrogen) atoms. The van der Waals surface area contributed by atoms with Crippen LogP contribution in [-0.2, 0) is 9.59 Å². The number of piperidine rings is 1. The SMILES string of the molecule is CCC(CC)C(=O)N1CCC(C(=O)Nc2ccc(OC(C)C)cc2)CC1. The number of hydrogen-bond acceptors (Lipinski definition) is 3. The summed E-state index contributed by atoms with van der Waals surface area (Å²) >= 11 is 0. The Morgan fingerprint density at radius 3 is 2.19 bits per heavy atom. The molecule has 0 aliphatic carbocycles. The lowest BCUT2D eigenvalue weighted by atomic mass is 9.93. The number of hydrogen-bond donors (Lipinski definition) is 1. The first-order valence-electron chi connectivity index (χ1n) is 9.80. The average Bonchev–Trinajstić information content (AvgIpc) is 2.64. The number of likely N-dealkylation sites (tertiary alicyclic amines) is 1. The van der Waals surface area contributed by atoms with E-state index in [0.717, 1.165) is 37.1 Å². The van der Waals surface area contributed by atoms with Crippen LogP contribution in [0, 0.1) is 11.8 Å². The Labute approximate surface area is 157 Å². The molecule has 0 atom stereocenters. The summed E-state index contributed by atoms with van der Waals surface area (Å²) in [6.07, 6.45) is 3.35. The van der Waals surface area contributed by atoms with Crippen LogP contribution in [-0.4, -0.2) is 35.9 Å². The average molecular weight is 360 g/mol. The van der Waals surface area contributed by atoms with Crippen molar-refractivity contribution >= 4 is 17.5 Å². The molecule has 1 aliphatic rings. The third kappa shape index (κ3) is 5.48. The minimum absolute atomic E-state index is 0.0349. The molecule has 2 rings (SSSR count). The summed E-state index contributed by atoms with van der Waals surface area (Å²) in [5.74, 6) is 1.16. The van der Waals surface area contributed by atoms with E-state index in [9.17, 15) is 9.59 Å². The highest BCUT2D eigenvalue weighted by Crippen LogP contribution is 2.23. The van der Waals surface area contributed by atoms with E-state index in [4.69, 9.17) is 4.74 Å². The number of carbonyl (C=O) groups is 2. The second-order valence-electron chi connectivity index (χ2n) is 7.29. The van der Waals surface area contributed by atoms with Gasteiger partial charge >= 0.3 is 0 Å². The van der Waals surface area contributed by atoms with Gasteiger partial charge in [-0.1, -0.05) is 13.8 Å². The summed E-state index contributed by atoms with van der Waals surface area (Å²) in [6, 6.07) is 7.46. The molecule has 1 aromatic carbocycles. The lowest BCUT2D eigenvalue weighted by Gasteiger charge is -2.33. The van der Waals surface area contributed by atoms with Gasteiger partial charge in [-0.25, -0.2) is 0 Å². The first-order chi connectivity index (χ1) is 12.4. The fourth-order valence-electron chi connectivity index (χ4n) is 3.39. The van der Waals surface area contributed by atoms with Crippen molar-refractivity contribution in [1.82, 2.24) is 4.90 Å². The Morgan fingerprint density at radius 1 is 1.12 bits per heavy atom. The summed E-state index contributed by atoms with van der Waals surface area (Å²) in [5.41, 5.74) is 0.779. The zero-order valence-electron chi connectivity index (χ0n) is 16.5. The number of amides is 2. The minimum Gasteiger partial charge on any atom is -0.491 e. The van der Waals surface area contributed by atoms with Crippen LogP contribution in [0.5, 0.6) is 5.75 Å². The van der Waals surface area contributed by atoms with Gasteiger partial charge in [-0.15, -0.1) is 0 Å². The van der Waals surface area contributed by atoms with Crippen molar-refractivity contribution < 1.29 is 14.3 Å². The van der Waals surface area contributed by atoms with E-state index in [2.05, 4.69) is 19.2 Å². The van der Waals surface area contributed by atoms with Gasteiger partial charge in [-0.3, -0.25) is 9.59 Å². The van der Waals surface area contributed by atoms with Crippen molar-refractivity contribution in [2.24, 2.45) is 11.8 Å². The predicted molar refractivity (Wildman–Crippen MR) is 104 cm³/mol. The van der Waals surface area contributed by atoms with Gasteiger partial charge in [-0.05, 0) is 63.8 Å². The Balaban J connectivity index is 1.83. The first-order valence-corrected chi connectivity index (χ1v) is 9.80. The lowest BCUT2D eigenvalue weighted by molar-refractivity contribution is -0.138. The van der Waals surface area contributed by atoms with Crippen molar-refractivity contribution in [1.29, 1.82) is 0 Å². The van der Waals surface area contributed by atoms with Crippen molar-refractivity contribution in [2.45, 2.75) is 59.5 Å². The number of rotatable bonds is 7. The third-order valence-electron chi connectivity index (χ3n) is 5.01. The number of nitrogens with zero attached hydrogens (tertiary/aromatic N) is 1. The summed E-state index contributed by atoms with van der Waals surface area (Å²) in [4.78, 5) is 26.9. The van der Waals surface area contributed by atoms with Crippen LogP contribution in [0.3, 0.4) is 0 Å². The summed E-state index contributed by atoms with van der Waals surface area (Å²) in [7, 11) is 0. The smallest absolute Gasteiger partial charge is 0.227 e. The molecule has 2 amide bonds. The van der Waals surface area contributed by atoms with Crippen LogP contribution in [0.15, 0.2) is 24.3 Å². The first kappa shape index (κ1) is 20.3. The Morgan fingerprint density at radius 2 is 1.69 bits per heavy atom. The molecule has 1 fully saturated rings. The van der Waals surface area contributed by atoms with Crippen molar-refractivity contribution in [2.75, 3.05) is 18.4 Å². The standard InChI is InChI=1S/C21H32N2O3/c1-5-16(6-2)21(25)23-13-11-17(12-14-23)20(24)22-18-7-9-19(10-8-18)26-15(3)4/h7-10,15-17H,5-6,11-14H2,1-4H3,(H,22,24). The second kappa shape index (κ2) is 9.60. The maximum Gasteiger partial charge on any atom is 0.227 e. The van der Waals surface area contributed by atoms with Gasteiger partial charge in [0.25, 0.3) is 0 Å². The van der Waals surface area contributed by atoms with Gasteiger partial charge in [0.15, 0.2) is 0 Å². The maximum atomic E-state index is 12.5. The molecule has 1 aliphatic heterocycles. The normalized spacial score (nSPS) is 15.4. The highest BCUT2D eigenvalue weighted by Gasteiger charge is 2.29. The molecular formula is C21H32N2O3. The number of anilines is 1. The van der Waals surface area contributed by atoms with Crippen molar-refractivity contribution in [3.63, 3.8) is 0 Å². The van der Waals surface area contributed by atoms with Crippen LogP contribution in [0.25, 0.3) is 0 Å². The van der Waals surface area contributed by atoms with Gasteiger partial charge in [0.1, 0.15) is 5.75 Å². The quantitative estimate of drug-likeness (QED) is 0.797. The molecule has 0 bridgehead atoms. The fourth-order valence-corrected chi connectivity index (χ4v) is 3.39. The number of ether oxygens (including phenoxy) is 1. The maximum absolute atomic E-state index is 12.5. The zero-order chi connectivity index (χ0) is 19.1. The summed E-state index contributed by atoms with van der Waals surface area (Å²) < 4.78 is 5.61. The third-order valence-corrected chi connectivity index (χ3v) is 5.01. The molecular weight excluding hydrogens is 328 g/mol. The van der Waals surface area contributed by atoms with Gasteiger partial charge in [-0.2, -0.15) is 0 Å². The largest absolute Gasteiger partial charge is 0.491 e. The second-order valence-corrected chi connectivity index (χ2v) is 7.29. The van der Waals surface area contributed by atoms with Crippen molar-refractivity contribution in [3.8, 4) is 5.75 Å². The van der Waals surface area contributed by atoms with Crippen LogP contribution in [0.4, 0.5) is 5.69 Å². The topological polar surface area (TPSA) is 58.6 Å². The molecule has 1 aromatic rings. The van der Waals surface area contributed by atoms with E-state index < -0.39 is 0 Å². The van der Waals surface area contributed by atoms with E-state index >= 15 is 0 Å². The highest BCUT2D eigenvalue weighted by atomic mass is 16.5. The Kier molecular flexibility index (Phi) is 7.49. The number of benzene rings is 1. The molecule has 5 heteroatoms. The molecule has 0 aromatic heterocycles. The van der Waals surface area contributed by atoms with E-state index in [1.165, 1.54) is 0 Å². The molecule has 0 radical (unpaired) electrons. The fraction of sp³-hybridized carbons (Fsp3) is 0.619.